The largest absolute Gasteiger partial charge is 0.461 e. The predicted octanol–water partition coefficient (Wildman–Crippen LogP) is 9.33. The highest BCUT2D eigenvalue weighted by atomic mass is 16.4. The minimum atomic E-state index is 0.733. The standard InChI is InChI=1S/C32H20O2/c1-2-10-21(11-3-1)31-22-12-4-6-14-24(22)32(25-15-7-5-13-23(25)31)26-16-8-17-28-27(26)20-30(34-28)29-18-9-19-33-29/h1-20H. The Morgan fingerprint density at radius 3 is 1.74 bits per heavy atom. The molecule has 5 aromatic carbocycles. The van der Waals surface area contributed by atoms with E-state index in [0.717, 1.165) is 28.1 Å². The Morgan fingerprint density at radius 1 is 0.441 bits per heavy atom. The summed E-state index contributed by atoms with van der Waals surface area (Å²) in [5.41, 5.74) is 5.73. The van der Waals surface area contributed by atoms with Crippen molar-refractivity contribution >= 4 is 32.5 Å². The first-order valence-corrected chi connectivity index (χ1v) is 11.4. The van der Waals surface area contributed by atoms with Gasteiger partial charge in [-0.05, 0) is 68.1 Å². The van der Waals surface area contributed by atoms with Gasteiger partial charge in [-0.25, -0.2) is 0 Å². The van der Waals surface area contributed by atoms with Gasteiger partial charge < -0.3 is 8.83 Å². The van der Waals surface area contributed by atoms with Crippen LogP contribution in [0.1, 0.15) is 0 Å². The molecule has 160 valence electrons. The lowest BCUT2D eigenvalue weighted by Crippen LogP contribution is -1.90. The number of rotatable bonds is 3. The van der Waals surface area contributed by atoms with Crippen molar-refractivity contribution in [1.82, 2.24) is 0 Å². The van der Waals surface area contributed by atoms with Crippen molar-refractivity contribution in [3.8, 4) is 33.8 Å². The summed E-state index contributed by atoms with van der Waals surface area (Å²) in [5, 5.41) is 6.03. The molecule has 0 aliphatic rings. The smallest absolute Gasteiger partial charge is 0.170 e. The number of hydrogen-bond acceptors (Lipinski definition) is 2. The van der Waals surface area contributed by atoms with Crippen molar-refractivity contribution in [3.05, 3.63) is 122 Å². The summed E-state index contributed by atoms with van der Waals surface area (Å²) in [7, 11) is 0. The summed E-state index contributed by atoms with van der Waals surface area (Å²) in [4.78, 5) is 0. The first-order valence-electron chi connectivity index (χ1n) is 11.4. The molecule has 0 spiro atoms. The zero-order chi connectivity index (χ0) is 22.5. The number of fused-ring (bicyclic) bond motifs is 3. The van der Waals surface area contributed by atoms with E-state index in [4.69, 9.17) is 8.83 Å². The third-order valence-electron chi connectivity index (χ3n) is 6.59. The Labute approximate surface area is 196 Å². The molecule has 0 amide bonds. The zero-order valence-corrected chi connectivity index (χ0v) is 18.4. The molecule has 0 radical (unpaired) electrons. The van der Waals surface area contributed by atoms with Gasteiger partial charge in [0, 0.05) is 5.39 Å². The molecule has 2 heteroatoms. The lowest BCUT2D eigenvalue weighted by atomic mass is 9.85. The maximum Gasteiger partial charge on any atom is 0.170 e. The van der Waals surface area contributed by atoms with Gasteiger partial charge in [0.15, 0.2) is 11.5 Å². The van der Waals surface area contributed by atoms with Crippen molar-refractivity contribution in [3.63, 3.8) is 0 Å². The zero-order valence-electron chi connectivity index (χ0n) is 18.4. The van der Waals surface area contributed by atoms with Gasteiger partial charge in [0.1, 0.15) is 5.58 Å². The number of hydrogen-bond donors (Lipinski definition) is 0. The molecule has 7 aromatic rings. The van der Waals surface area contributed by atoms with E-state index in [0.29, 0.717) is 0 Å². The SMILES string of the molecule is c1ccc(-c2c3ccccc3c(-c3cccc4oc(-c5ccco5)cc34)c3ccccc23)cc1. The van der Waals surface area contributed by atoms with Gasteiger partial charge in [-0.3, -0.25) is 0 Å². The topological polar surface area (TPSA) is 26.3 Å². The van der Waals surface area contributed by atoms with Crippen molar-refractivity contribution in [2.45, 2.75) is 0 Å². The molecule has 0 unspecified atom stereocenters. The molecule has 2 nitrogen and oxygen atoms in total. The summed E-state index contributed by atoms with van der Waals surface area (Å²) >= 11 is 0. The molecule has 7 rings (SSSR count). The second-order valence-corrected chi connectivity index (χ2v) is 8.51. The molecule has 0 aliphatic heterocycles. The van der Waals surface area contributed by atoms with Crippen molar-refractivity contribution in [2.75, 3.05) is 0 Å². The minimum absolute atomic E-state index is 0.733. The summed E-state index contributed by atoms with van der Waals surface area (Å²) in [6, 6.07) is 40.3. The van der Waals surface area contributed by atoms with Crippen LogP contribution >= 0.6 is 0 Å². The van der Waals surface area contributed by atoms with E-state index in [-0.39, 0.29) is 0 Å². The van der Waals surface area contributed by atoms with Gasteiger partial charge in [0.2, 0.25) is 0 Å². The van der Waals surface area contributed by atoms with Gasteiger partial charge in [-0.2, -0.15) is 0 Å². The van der Waals surface area contributed by atoms with Crippen LogP contribution in [0.3, 0.4) is 0 Å². The molecule has 2 heterocycles. The second kappa shape index (κ2) is 7.50. The summed E-state index contributed by atoms with van der Waals surface area (Å²) < 4.78 is 11.8. The van der Waals surface area contributed by atoms with Gasteiger partial charge in [0.25, 0.3) is 0 Å². The number of benzene rings is 5. The average Bonchev–Trinajstić information content (AvgIpc) is 3.58. The van der Waals surface area contributed by atoms with E-state index in [1.54, 1.807) is 6.26 Å². The van der Waals surface area contributed by atoms with Crippen LogP contribution in [0.4, 0.5) is 0 Å². The highest BCUT2D eigenvalue weighted by Crippen LogP contribution is 2.45. The quantitative estimate of drug-likeness (QED) is 0.258. The highest BCUT2D eigenvalue weighted by Gasteiger charge is 2.19. The Bertz CT molecular complexity index is 1730. The fourth-order valence-corrected chi connectivity index (χ4v) is 5.15. The van der Waals surface area contributed by atoms with Crippen molar-refractivity contribution in [2.24, 2.45) is 0 Å². The van der Waals surface area contributed by atoms with E-state index in [1.165, 1.54) is 38.2 Å². The molecule has 2 aromatic heterocycles. The van der Waals surface area contributed by atoms with Crippen LogP contribution in [0, 0.1) is 0 Å². The van der Waals surface area contributed by atoms with Gasteiger partial charge in [-0.15, -0.1) is 0 Å². The lowest BCUT2D eigenvalue weighted by molar-refractivity contribution is 0.542. The highest BCUT2D eigenvalue weighted by molar-refractivity contribution is 6.23. The third kappa shape index (κ3) is 2.82. The summed E-state index contributed by atoms with van der Waals surface area (Å²) in [5.74, 6) is 1.47. The van der Waals surface area contributed by atoms with E-state index >= 15 is 0 Å². The third-order valence-corrected chi connectivity index (χ3v) is 6.59. The van der Waals surface area contributed by atoms with Crippen LogP contribution in [0.25, 0.3) is 66.3 Å². The fourth-order valence-electron chi connectivity index (χ4n) is 5.15. The first-order chi connectivity index (χ1) is 16.9. The van der Waals surface area contributed by atoms with E-state index in [1.807, 2.05) is 18.2 Å². The Balaban J connectivity index is 1.62. The Morgan fingerprint density at radius 2 is 1.09 bits per heavy atom. The molecule has 0 atom stereocenters. The minimum Gasteiger partial charge on any atom is -0.461 e. The van der Waals surface area contributed by atoms with E-state index in [2.05, 4.69) is 97.1 Å². The predicted molar refractivity (Wildman–Crippen MR) is 140 cm³/mol. The number of furan rings is 2. The van der Waals surface area contributed by atoms with Gasteiger partial charge >= 0.3 is 0 Å². The maximum absolute atomic E-state index is 6.20. The molecule has 0 N–H and O–H groups in total. The Hall–Kier alpha value is -4.56. The van der Waals surface area contributed by atoms with E-state index in [9.17, 15) is 0 Å². The van der Waals surface area contributed by atoms with Crippen LogP contribution in [0.5, 0.6) is 0 Å². The molecule has 0 fully saturated rings. The summed E-state index contributed by atoms with van der Waals surface area (Å²) in [6.45, 7) is 0. The van der Waals surface area contributed by atoms with Crippen molar-refractivity contribution < 1.29 is 8.83 Å². The lowest BCUT2D eigenvalue weighted by Gasteiger charge is -2.18. The molecule has 0 saturated heterocycles. The van der Waals surface area contributed by atoms with E-state index < -0.39 is 0 Å². The Kier molecular flexibility index (Phi) is 4.18. The maximum atomic E-state index is 6.20. The van der Waals surface area contributed by atoms with Crippen LogP contribution in [-0.2, 0) is 0 Å². The monoisotopic (exact) mass is 436 g/mol. The molecule has 0 aliphatic carbocycles. The van der Waals surface area contributed by atoms with Crippen LogP contribution < -0.4 is 0 Å². The molecule has 34 heavy (non-hydrogen) atoms. The molecular weight excluding hydrogens is 416 g/mol. The summed E-state index contributed by atoms with van der Waals surface area (Å²) in [6.07, 6.45) is 1.67. The molecule has 0 bridgehead atoms. The van der Waals surface area contributed by atoms with Crippen LogP contribution in [-0.4, -0.2) is 0 Å². The molecular formula is C32H20O2. The fraction of sp³-hybridized carbons (Fsp3) is 0. The van der Waals surface area contributed by atoms with Crippen molar-refractivity contribution in [1.29, 1.82) is 0 Å². The average molecular weight is 437 g/mol. The van der Waals surface area contributed by atoms with Gasteiger partial charge in [0.05, 0.1) is 6.26 Å². The second-order valence-electron chi connectivity index (χ2n) is 8.51. The normalized spacial score (nSPS) is 11.5. The first kappa shape index (κ1) is 19.0. The molecule has 0 saturated carbocycles. The van der Waals surface area contributed by atoms with Crippen LogP contribution in [0.2, 0.25) is 0 Å². The van der Waals surface area contributed by atoms with Gasteiger partial charge in [-0.1, -0.05) is 91.0 Å². The van der Waals surface area contributed by atoms with Crippen LogP contribution in [0.15, 0.2) is 130 Å².